The molecule has 8 heteroatoms. The Hall–Kier alpha value is -1.20. The second kappa shape index (κ2) is 8.60. The standard InChI is InChI=1S/C15H14Cl2N4.2ClH/c1-2-15-18-5-6-20(15)8-11-9-21(10-19-11)12-3-4-13(16)14(17)7-12;;/h3-7,9-10H,2,8H2,1H3;2*1H. The number of nitrogens with zero attached hydrogens (tertiary/aromatic N) is 4. The monoisotopic (exact) mass is 392 g/mol. The van der Waals surface area contributed by atoms with Crippen molar-refractivity contribution in [2.75, 3.05) is 0 Å². The van der Waals surface area contributed by atoms with Crippen molar-refractivity contribution in [3.8, 4) is 5.69 Å². The molecule has 1 aromatic carbocycles. The highest BCUT2D eigenvalue weighted by Crippen LogP contribution is 2.24. The summed E-state index contributed by atoms with van der Waals surface area (Å²) in [7, 11) is 0. The molecule has 0 saturated carbocycles. The van der Waals surface area contributed by atoms with E-state index >= 15 is 0 Å². The molecule has 0 amide bonds. The third kappa shape index (κ3) is 4.42. The normalized spacial score (nSPS) is 10.0. The van der Waals surface area contributed by atoms with Gasteiger partial charge in [0.1, 0.15) is 5.82 Å². The Kier molecular flexibility index (Phi) is 7.42. The van der Waals surface area contributed by atoms with Crippen LogP contribution in [0.15, 0.2) is 43.1 Å². The van der Waals surface area contributed by atoms with Crippen LogP contribution in [0.25, 0.3) is 5.69 Å². The Labute approximate surface area is 157 Å². The molecule has 0 N–H and O–H groups in total. The van der Waals surface area contributed by atoms with E-state index in [1.165, 1.54) is 0 Å². The molecule has 3 aromatic rings. The van der Waals surface area contributed by atoms with Crippen molar-refractivity contribution >= 4 is 48.0 Å². The van der Waals surface area contributed by atoms with Gasteiger partial charge in [-0.05, 0) is 18.2 Å². The molecule has 0 atom stereocenters. The van der Waals surface area contributed by atoms with Gasteiger partial charge in [-0.1, -0.05) is 30.1 Å². The van der Waals surface area contributed by atoms with Crippen LogP contribution < -0.4 is 0 Å². The van der Waals surface area contributed by atoms with Gasteiger partial charge in [-0.25, -0.2) is 9.97 Å². The Morgan fingerprint density at radius 3 is 2.57 bits per heavy atom. The topological polar surface area (TPSA) is 35.6 Å². The van der Waals surface area contributed by atoms with Gasteiger partial charge in [0.05, 0.1) is 28.6 Å². The average molecular weight is 394 g/mol. The Morgan fingerprint density at radius 1 is 1.09 bits per heavy atom. The lowest BCUT2D eigenvalue weighted by molar-refractivity contribution is 0.719. The van der Waals surface area contributed by atoms with Crippen LogP contribution in [-0.2, 0) is 13.0 Å². The predicted octanol–water partition coefficient (Wildman–Crippen LogP) is 4.83. The van der Waals surface area contributed by atoms with Crippen LogP contribution in [0.1, 0.15) is 18.4 Å². The maximum absolute atomic E-state index is 6.05. The fourth-order valence-electron chi connectivity index (χ4n) is 2.20. The summed E-state index contributed by atoms with van der Waals surface area (Å²) in [5.41, 5.74) is 1.90. The lowest BCUT2D eigenvalue weighted by atomic mass is 10.3. The second-order valence-corrected chi connectivity index (χ2v) is 5.51. The molecule has 0 bridgehead atoms. The van der Waals surface area contributed by atoms with Crippen molar-refractivity contribution in [3.05, 3.63) is 64.7 Å². The van der Waals surface area contributed by atoms with E-state index in [9.17, 15) is 0 Å². The van der Waals surface area contributed by atoms with Crippen molar-refractivity contribution in [2.45, 2.75) is 19.9 Å². The molecule has 3 rings (SSSR count). The highest BCUT2D eigenvalue weighted by Gasteiger charge is 2.06. The quantitative estimate of drug-likeness (QED) is 0.636. The van der Waals surface area contributed by atoms with Crippen LogP contribution >= 0.6 is 48.0 Å². The summed E-state index contributed by atoms with van der Waals surface area (Å²) in [6.07, 6.45) is 8.45. The van der Waals surface area contributed by atoms with E-state index in [1.807, 2.05) is 35.3 Å². The number of aryl methyl sites for hydroxylation is 1. The van der Waals surface area contributed by atoms with Crippen molar-refractivity contribution in [1.29, 1.82) is 0 Å². The molecule has 0 radical (unpaired) electrons. The first-order chi connectivity index (χ1) is 10.2. The summed E-state index contributed by atoms with van der Waals surface area (Å²) in [6.45, 7) is 2.80. The molecule has 2 aromatic heterocycles. The van der Waals surface area contributed by atoms with E-state index in [-0.39, 0.29) is 24.8 Å². The molecule has 0 fully saturated rings. The first kappa shape index (κ1) is 19.8. The van der Waals surface area contributed by atoms with Gasteiger partial charge in [0.2, 0.25) is 0 Å². The van der Waals surface area contributed by atoms with Crippen molar-refractivity contribution in [2.24, 2.45) is 0 Å². The minimum absolute atomic E-state index is 0. The summed E-state index contributed by atoms with van der Waals surface area (Å²) >= 11 is 12.0. The number of rotatable bonds is 4. The highest BCUT2D eigenvalue weighted by atomic mass is 35.5. The minimum Gasteiger partial charge on any atom is -0.329 e. The number of imidazole rings is 2. The van der Waals surface area contributed by atoms with Crippen molar-refractivity contribution in [1.82, 2.24) is 19.1 Å². The highest BCUT2D eigenvalue weighted by molar-refractivity contribution is 6.42. The molecule has 0 spiro atoms. The van der Waals surface area contributed by atoms with Gasteiger partial charge in [-0.15, -0.1) is 24.8 Å². The molecule has 4 nitrogen and oxygen atoms in total. The van der Waals surface area contributed by atoms with Gasteiger partial charge >= 0.3 is 0 Å². The smallest absolute Gasteiger partial charge is 0.108 e. The number of hydrogen-bond acceptors (Lipinski definition) is 2. The average Bonchev–Trinajstić information content (AvgIpc) is 3.11. The summed E-state index contributed by atoms with van der Waals surface area (Å²) in [4.78, 5) is 8.75. The summed E-state index contributed by atoms with van der Waals surface area (Å²) in [6, 6.07) is 5.52. The molecule has 23 heavy (non-hydrogen) atoms. The molecular formula is C15H16Cl4N4. The zero-order chi connectivity index (χ0) is 14.8. The zero-order valence-electron chi connectivity index (χ0n) is 12.3. The van der Waals surface area contributed by atoms with Crippen LogP contribution in [0, 0.1) is 0 Å². The first-order valence-electron chi connectivity index (χ1n) is 6.65. The maximum Gasteiger partial charge on any atom is 0.108 e. The van der Waals surface area contributed by atoms with Crippen molar-refractivity contribution in [3.63, 3.8) is 0 Å². The van der Waals surface area contributed by atoms with E-state index < -0.39 is 0 Å². The predicted molar refractivity (Wildman–Crippen MR) is 98.8 cm³/mol. The molecule has 0 aliphatic rings. The Balaban J connectivity index is 0.00000132. The minimum atomic E-state index is 0. The van der Waals surface area contributed by atoms with Crippen LogP contribution in [0.3, 0.4) is 0 Å². The lowest BCUT2D eigenvalue weighted by Crippen LogP contribution is -2.03. The zero-order valence-corrected chi connectivity index (χ0v) is 15.5. The maximum atomic E-state index is 6.05. The largest absolute Gasteiger partial charge is 0.329 e. The molecule has 2 heterocycles. The second-order valence-electron chi connectivity index (χ2n) is 4.70. The van der Waals surface area contributed by atoms with E-state index in [0.29, 0.717) is 16.6 Å². The van der Waals surface area contributed by atoms with E-state index in [4.69, 9.17) is 23.2 Å². The molecule has 124 valence electrons. The van der Waals surface area contributed by atoms with Crippen LogP contribution in [0.5, 0.6) is 0 Å². The fourth-order valence-corrected chi connectivity index (χ4v) is 2.50. The number of halogens is 4. The first-order valence-corrected chi connectivity index (χ1v) is 7.41. The van der Waals surface area contributed by atoms with E-state index in [0.717, 1.165) is 23.6 Å². The number of aromatic nitrogens is 4. The third-order valence-corrected chi connectivity index (χ3v) is 4.03. The molecule has 0 aliphatic heterocycles. The summed E-state index contributed by atoms with van der Waals surface area (Å²) < 4.78 is 4.03. The summed E-state index contributed by atoms with van der Waals surface area (Å²) in [5.74, 6) is 1.05. The van der Waals surface area contributed by atoms with E-state index in [1.54, 1.807) is 12.4 Å². The Bertz CT molecular complexity index is 766. The SMILES string of the molecule is CCc1nccn1Cc1cn(-c2ccc(Cl)c(Cl)c2)cn1.Cl.Cl. The number of benzene rings is 1. The van der Waals surface area contributed by atoms with Gasteiger partial charge in [0, 0.05) is 30.7 Å². The van der Waals surface area contributed by atoms with Gasteiger partial charge in [-0.2, -0.15) is 0 Å². The van der Waals surface area contributed by atoms with Crippen LogP contribution in [-0.4, -0.2) is 19.1 Å². The van der Waals surface area contributed by atoms with Crippen LogP contribution in [0.2, 0.25) is 10.0 Å². The molecular weight excluding hydrogens is 378 g/mol. The van der Waals surface area contributed by atoms with Gasteiger partial charge in [-0.3, -0.25) is 0 Å². The third-order valence-electron chi connectivity index (χ3n) is 3.29. The van der Waals surface area contributed by atoms with Gasteiger partial charge < -0.3 is 9.13 Å². The number of hydrogen-bond donors (Lipinski definition) is 0. The van der Waals surface area contributed by atoms with E-state index in [2.05, 4.69) is 21.5 Å². The molecule has 0 unspecified atom stereocenters. The van der Waals surface area contributed by atoms with Gasteiger partial charge in [0.15, 0.2) is 0 Å². The fraction of sp³-hybridized carbons (Fsp3) is 0.200. The summed E-state index contributed by atoms with van der Waals surface area (Å²) in [5, 5.41) is 1.08. The lowest BCUT2D eigenvalue weighted by Gasteiger charge is -2.04. The van der Waals surface area contributed by atoms with Crippen LogP contribution in [0.4, 0.5) is 0 Å². The van der Waals surface area contributed by atoms with Crippen molar-refractivity contribution < 1.29 is 0 Å². The molecule has 0 aliphatic carbocycles. The Morgan fingerprint density at radius 2 is 1.87 bits per heavy atom. The van der Waals surface area contributed by atoms with Gasteiger partial charge in [0.25, 0.3) is 0 Å². The molecule has 0 saturated heterocycles.